The molecule has 0 spiro atoms. The van der Waals surface area contributed by atoms with Crippen molar-refractivity contribution in [1.29, 1.82) is 0 Å². The number of halogens is 1. The lowest BCUT2D eigenvalue weighted by molar-refractivity contribution is 0.119. The van der Waals surface area contributed by atoms with Crippen molar-refractivity contribution >= 4 is 26.0 Å². The van der Waals surface area contributed by atoms with E-state index in [1.807, 2.05) is 31.2 Å². The lowest BCUT2D eigenvalue weighted by atomic mass is 10.1. The molecule has 0 radical (unpaired) electrons. The number of piperidine rings is 1. The Morgan fingerprint density at radius 3 is 2.60 bits per heavy atom. The van der Waals surface area contributed by atoms with Gasteiger partial charge in [-0.05, 0) is 41.3 Å². The molecule has 25 heavy (non-hydrogen) atoms. The summed E-state index contributed by atoms with van der Waals surface area (Å²) in [5, 5.41) is 0. The van der Waals surface area contributed by atoms with Crippen LogP contribution in [-0.2, 0) is 15.8 Å². The summed E-state index contributed by atoms with van der Waals surface area (Å²) in [6.45, 7) is 2.83. The van der Waals surface area contributed by atoms with Gasteiger partial charge in [-0.1, -0.05) is 29.8 Å². The van der Waals surface area contributed by atoms with Crippen molar-refractivity contribution in [3.8, 4) is 6.01 Å². The van der Waals surface area contributed by atoms with Crippen LogP contribution in [0.3, 0.4) is 0 Å². The first-order chi connectivity index (χ1) is 11.9. The fraction of sp³-hybridized carbons (Fsp3) is 0.412. The topological polar surface area (TPSA) is 72.4 Å². The minimum absolute atomic E-state index is 0.00871. The molecule has 1 saturated heterocycles. The Hall–Kier alpha value is -1.51. The SMILES string of the molecule is Cc1ccc(CS(=O)(=O)N2CCCC(Oc3ncc(Br)cn3)C2)cc1. The van der Waals surface area contributed by atoms with Crippen LogP contribution < -0.4 is 4.74 Å². The number of sulfonamides is 1. The van der Waals surface area contributed by atoms with Gasteiger partial charge in [0.15, 0.2) is 0 Å². The molecule has 1 aromatic heterocycles. The Bertz CT molecular complexity index is 810. The second-order valence-corrected chi connectivity index (χ2v) is 9.05. The zero-order valence-electron chi connectivity index (χ0n) is 13.9. The molecule has 134 valence electrons. The predicted octanol–water partition coefficient (Wildman–Crippen LogP) is 2.92. The summed E-state index contributed by atoms with van der Waals surface area (Å²) in [7, 11) is -3.38. The molecule has 0 N–H and O–H groups in total. The lowest BCUT2D eigenvalue weighted by Gasteiger charge is -2.31. The molecule has 0 aliphatic carbocycles. The highest BCUT2D eigenvalue weighted by Gasteiger charge is 2.30. The summed E-state index contributed by atoms with van der Waals surface area (Å²) in [5.41, 5.74) is 1.91. The first kappa shape index (κ1) is 18.3. The van der Waals surface area contributed by atoms with Gasteiger partial charge < -0.3 is 4.74 Å². The summed E-state index contributed by atoms with van der Waals surface area (Å²) in [6, 6.07) is 7.85. The molecule has 0 saturated carbocycles. The fourth-order valence-corrected chi connectivity index (χ4v) is 4.55. The van der Waals surface area contributed by atoms with Gasteiger partial charge in [0.1, 0.15) is 6.10 Å². The molecule has 1 fully saturated rings. The van der Waals surface area contributed by atoms with Crippen molar-refractivity contribution in [3.63, 3.8) is 0 Å². The number of nitrogens with zero attached hydrogens (tertiary/aromatic N) is 3. The maximum atomic E-state index is 12.7. The minimum atomic E-state index is -3.38. The summed E-state index contributed by atoms with van der Waals surface area (Å²) < 4.78 is 33.5. The maximum absolute atomic E-state index is 12.7. The summed E-state index contributed by atoms with van der Waals surface area (Å²) >= 11 is 3.27. The first-order valence-corrected chi connectivity index (χ1v) is 10.5. The quantitative estimate of drug-likeness (QED) is 0.735. The number of hydrogen-bond acceptors (Lipinski definition) is 5. The van der Waals surface area contributed by atoms with Crippen molar-refractivity contribution in [1.82, 2.24) is 14.3 Å². The summed E-state index contributed by atoms with van der Waals surface area (Å²) in [4.78, 5) is 8.17. The Morgan fingerprint density at radius 1 is 1.24 bits per heavy atom. The maximum Gasteiger partial charge on any atom is 0.316 e. The van der Waals surface area contributed by atoms with E-state index in [0.717, 1.165) is 28.4 Å². The third-order valence-corrected chi connectivity index (χ3v) is 6.30. The van der Waals surface area contributed by atoms with E-state index in [4.69, 9.17) is 4.74 Å². The zero-order valence-corrected chi connectivity index (χ0v) is 16.3. The highest BCUT2D eigenvalue weighted by molar-refractivity contribution is 9.10. The van der Waals surface area contributed by atoms with E-state index in [1.165, 1.54) is 4.31 Å². The van der Waals surface area contributed by atoms with Crippen LogP contribution in [0.2, 0.25) is 0 Å². The number of rotatable bonds is 5. The number of ether oxygens (including phenoxy) is 1. The lowest BCUT2D eigenvalue weighted by Crippen LogP contribution is -2.44. The van der Waals surface area contributed by atoms with Crippen LogP contribution in [0.15, 0.2) is 41.1 Å². The van der Waals surface area contributed by atoms with Gasteiger partial charge in [0.2, 0.25) is 10.0 Å². The van der Waals surface area contributed by atoms with Crippen molar-refractivity contribution < 1.29 is 13.2 Å². The molecule has 0 bridgehead atoms. The van der Waals surface area contributed by atoms with E-state index in [0.29, 0.717) is 13.1 Å². The molecule has 1 aliphatic heterocycles. The van der Waals surface area contributed by atoms with Crippen molar-refractivity contribution in [2.75, 3.05) is 13.1 Å². The average Bonchev–Trinajstić information content (AvgIpc) is 2.59. The molecule has 8 heteroatoms. The van der Waals surface area contributed by atoms with Crippen molar-refractivity contribution in [3.05, 3.63) is 52.3 Å². The normalized spacial score (nSPS) is 18.9. The largest absolute Gasteiger partial charge is 0.459 e. The molecule has 1 atom stereocenters. The van der Waals surface area contributed by atoms with Crippen LogP contribution in [0.1, 0.15) is 24.0 Å². The Balaban J connectivity index is 1.65. The minimum Gasteiger partial charge on any atom is -0.459 e. The van der Waals surface area contributed by atoms with Crippen LogP contribution >= 0.6 is 15.9 Å². The van der Waals surface area contributed by atoms with E-state index in [9.17, 15) is 8.42 Å². The molecule has 0 amide bonds. The van der Waals surface area contributed by atoms with Gasteiger partial charge in [-0.3, -0.25) is 0 Å². The Morgan fingerprint density at radius 2 is 1.92 bits per heavy atom. The second-order valence-electron chi connectivity index (χ2n) is 6.17. The van der Waals surface area contributed by atoms with Gasteiger partial charge >= 0.3 is 6.01 Å². The van der Waals surface area contributed by atoms with Crippen molar-refractivity contribution in [2.24, 2.45) is 0 Å². The van der Waals surface area contributed by atoms with Crippen LogP contribution in [0.25, 0.3) is 0 Å². The molecule has 3 rings (SSSR count). The van der Waals surface area contributed by atoms with Crippen LogP contribution in [0, 0.1) is 6.92 Å². The van der Waals surface area contributed by atoms with Gasteiger partial charge in [-0.25, -0.2) is 18.4 Å². The van der Waals surface area contributed by atoms with Gasteiger partial charge in [0.25, 0.3) is 0 Å². The molecule has 2 heterocycles. The fourth-order valence-electron chi connectivity index (χ4n) is 2.75. The Kier molecular flexibility index (Phi) is 5.71. The van der Waals surface area contributed by atoms with Crippen LogP contribution in [0.4, 0.5) is 0 Å². The van der Waals surface area contributed by atoms with E-state index in [1.54, 1.807) is 12.4 Å². The molecular formula is C17H20BrN3O3S. The summed E-state index contributed by atoms with van der Waals surface area (Å²) in [5.74, 6) is 0.00871. The zero-order chi connectivity index (χ0) is 17.9. The van der Waals surface area contributed by atoms with Gasteiger partial charge in [-0.15, -0.1) is 0 Å². The molecule has 6 nitrogen and oxygen atoms in total. The average molecular weight is 426 g/mol. The number of hydrogen-bond donors (Lipinski definition) is 0. The van der Waals surface area contributed by atoms with Crippen LogP contribution in [0.5, 0.6) is 6.01 Å². The monoisotopic (exact) mass is 425 g/mol. The highest BCUT2D eigenvalue weighted by atomic mass is 79.9. The number of aromatic nitrogens is 2. The van der Waals surface area contributed by atoms with E-state index in [-0.39, 0.29) is 17.9 Å². The van der Waals surface area contributed by atoms with Gasteiger partial charge in [-0.2, -0.15) is 4.31 Å². The Labute approximate surface area is 156 Å². The highest BCUT2D eigenvalue weighted by Crippen LogP contribution is 2.21. The van der Waals surface area contributed by atoms with E-state index < -0.39 is 10.0 Å². The smallest absolute Gasteiger partial charge is 0.316 e. The van der Waals surface area contributed by atoms with Crippen molar-refractivity contribution in [2.45, 2.75) is 31.6 Å². The predicted molar refractivity (Wildman–Crippen MR) is 98.8 cm³/mol. The molecule has 1 unspecified atom stereocenters. The van der Waals surface area contributed by atoms with Crippen LogP contribution in [-0.4, -0.2) is 41.9 Å². The summed E-state index contributed by atoms with van der Waals surface area (Å²) in [6.07, 6.45) is 4.53. The molecular weight excluding hydrogens is 406 g/mol. The second kappa shape index (κ2) is 7.80. The van der Waals surface area contributed by atoms with Gasteiger partial charge in [0.05, 0.1) is 16.8 Å². The number of aryl methyl sites for hydroxylation is 1. The third-order valence-electron chi connectivity index (χ3n) is 4.07. The van der Waals surface area contributed by atoms with Gasteiger partial charge in [0, 0.05) is 18.9 Å². The molecule has 1 aromatic carbocycles. The first-order valence-electron chi connectivity index (χ1n) is 8.10. The number of benzene rings is 1. The van der Waals surface area contributed by atoms with E-state index in [2.05, 4.69) is 25.9 Å². The molecule has 1 aliphatic rings. The molecule has 2 aromatic rings. The van der Waals surface area contributed by atoms with E-state index >= 15 is 0 Å². The standard InChI is InChI=1S/C17H20BrN3O3S/c1-13-4-6-14(7-5-13)12-25(22,23)21-8-2-3-16(11-21)24-17-19-9-15(18)10-20-17/h4-7,9-10,16H,2-3,8,11-12H2,1H3. The third kappa shape index (κ3) is 4.99.